The van der Waals surface area contributed by atoms with Crippen molar-refractivity contribution in [2.45, 2.75) is 58.5 Å². The minimum Gasteiger partial charge on any atom is -0.484 e. The van der Waals surface area contributed by atoms with Gasteiger partial charge in [0, 0.05) is 24.5 Å². The number of nitrogens with zero attached hydrogens (tertiary/aromatic N) is 1. The second-order valence-corrected chi connectivity index (χ2v) is 10.6. The van der Waals surface area contributed by atoms with Gasteiger partial charge in [-0.1, -0.05) is 93.9 Å². The smallest absolute Gasteiger partial charge is 0.261 e. The van der Waals surface area contributed by atoms with Crippen molar-refractivity contribution in [3.8, 4) is 5.75 Å². The molecular formula is C31H37ClN2O3. The molecule has 1 N–H and O–H groups in total. The number of carbonyl (C=O) groups is 2. The highest BCUT2D eigenvalue weighted by Crippen LogP contribution is 2.24. The van der Waals surface area contributed by atoms with E-state index in [4.69, 9.17) is 16.3 Å². The van der Waals surface area contributed by atoms with Crippen molar-refractivity contribution in [2.75, 3.05) is 13.2 Å². The Labute approximate surface area is 225 Å². The van der Waals surface area contributed by atoms with Gasteiger partial charge in [0.05, 0.1) is 0 Å². The highest BCUT2D eigenvalue weighted by Gasteiger charge is 2.30. The number of benzene rings is 3. The van der Waals surface area contributed by atoms with E-state index in [9.17, 15) is 9.59 Å². The van der Waals surface area contributed by atoms with Crippen LogP contribution >= 0.6 is 11.6 Å². The van der Waals surface area contributed by atoms with Crippen molar-refractivity contribution in [3.05, 3.63) is 101 Å². The summed E-state index contributed by atoms with van der Waals surface area (Å²) in [6, 6.07) is 24.2. The minimum atomic E-state index is -0.691. The molecule has 0 aromatic heterocycles. The Balaban J connectivity index is 1.85. The Morgan fingerprint density at radius 3 is 2.16 bits per heavy atom. The van der Waals surface area contributed by atoms with Gasteiger partial charge in [-0.05, 0) is 52.8 Å². The van der Waals surface area contributed by atoms with Crippen molar-refractivity contribution in [3.63, 3.8) is 0 Å². The maximum Gasteiger partial charge on any atom is 0.261 e. The van der Waals surface area contributed by atoms with Gasteiger partial charge in [-0.15, -0.1) is 0 Å². The van der Waals surface area contributed by atoms with E-state index in [1.165, 1.54) is 5.56 Å². The third-order valence-corrected chi connectivity index (χ3v) is 6.42. The summed E-state index contributed by atoms with van der Waals surface area (Å²) in [7, 11) is 0. The molecule has 0 spiro atoms. The Hall–Kier alpha value is -3.31. The SMILES string of the molecule is CCCNC(=O)[C@H](Cc1ccccc1)N(Cc1ccc(Cl)cc1)C(=O)COc1ccc(C(C)(C)C)cc1. The van der Waals surface area contributed by atoms with Crippen LogP contribution in [0, 0.1) is 0 Å². The molecular weight excluding hydrogens is 484 g/mol. The van der Waals surface area contributed by atoms with Gasteiger partial charge in [-0.2, -0.15) is 0 Å². The fourth-order valence-corrected chi connectivity index (χ4v) is 4.11. The largest absolute Gasteiger partial charge is 0.484 e. The normalized spacial score (nSPS) is 12.0. The number of nitrogens with one attached hydrogen (secondary N) is 1. The Morgan fingerprint density at radius 1 is 0.919 bits per heavy atom. The van der Waals surface area contributed by atoms with Crippen LogP contribution in [0.3, 0.4) is 0 Å². The Bertz CT molecular complexity index is 1140. The molecule has 0 saturated heterocycles. The van der Waals surface area contributed by atoms with Gasteiger partial charge in [0.1, 0.15) is 11.8 Å². The van der Waals surface area contributed by atoms with E-state index in [0.29, 0.717) is 23.7 Å². The summed E-state index contributed by atoms with van der Waals surface area (Å²) in [5.74, 6) is 0.174. The summed E-state index contributed by atoms with van der Waals surface area (Å²) in [5, 5.41) is 3.60. The molecule has 3 aromatic rings. The summed E-state index contributed by atoms with van der Waals surface area (Å²) in [6.07, 6.45) is 1.21. The standard InChI is InChI=1S/C31H37ClN2O3/c1-5-19-33-30(36)28(20-23-9-7-6-8-10-23)34(21-24-11-15-26(32)16-12-24)29(35)22-37-27-17-13-25(14-18-27)31(2,3)4/h6-18,28H,5,19-22H2,1-4H3,(H,33,36)/t28-/m0/s1. The molecule has 1 atom stereocenters. The molecule has 3 aromatic carbocycles. The van der Waals surface area contributed by atoms with Crippen LogP contribution in [0.1, 0.15) is 50.8 Å². The predicted molar refractivity (Wildman–Crippen MR) is 150 cm³/mol. The molecule has 0 unspecified atom stereocenters. The van der Waals surface area contributed by atoms with E-state index in [2.05, 4.69) is 26.1 Å². The number of halogens is 1. The lowest BCUT2D eigenvalue weighted by atomic mass is 9.87. The van der Waals surface area contributed by atoms with Crippen LogP contribution in [-0.4, -0.2) is 35.9 Å². The molecule has 0 bridgehead atoms. The fraction of sp³-hybridized carbons (Fsp3) is 0.355. The van der Waals surface area contributed by atoms with E-state index < -0.39 is 6.04 Å². The highest BCUT2D eigenvalue weighted by molar-refractivity contribution is 6.30. The number of hydrogen-bond donors (Lipinski definition) is 1. The molecule has 0 heterocycles. The van der Waals surface area contributed by atoms with E-state index in [1.807, 2.05) is 73.7 Å². The molecule has 37 heavy (non-hydrogen) atoms. The highest BCUT2D eigenvalue weighted by atomic mass is 35.5. The lowest BCUT2D eigenvalue weighted by molar-refractivity contribution is -0.142. The van der Waals surface area contributed by atoms with Gasteiger partial charge in [-0.25, -0.2) is 0 Å². The van der Waals surface area contributed by atoms with Crippen molar-refractivity contribution >= 4 is 23.4 Å². The molecule has 2 amide bonds. The number of hydrogen-bond acceptors (Lipinski definition) is 3. The molecule has 0 radical (unpaired) electrons. The topological polar surface area (TPSA) is 58.6 Å². The predicted octanol–water partition coefficient (Wildman–Crippen LogP) is 6.18. The van der Waals surface area contributed by atoms with Crippen molar-refractivity contribution in [1.82, 2.24) is 10.2 Å². The quantitative estimate of drug-likeness (QED) is 0.328. The number of rotatable bonds is 11. The van der Waals surface area contributed by atoms with Crippen LogP contribution in [0.15, 0.2) is 78.9 Å². The first-order valence-electron chi connectivity index (χ1n) is 12.8. The molecule has 0 saturated carbocycles. The van der Waals surface area contributed by atoms with Crippen molar-refractivity contribution in [1.29, 1.82) is 0 Å². The van der Waals surface area contributed by atoms with Crippen LogP contribution in [0.5, 0.6) is 5.75 Å². The van der Waals surface area contributed by atoms with Gasteiger partial charge in [0.25, 0.3) is 5.91 Å². The first kappa shape index (κ1) is 28.3. The average Bonchev–Trinajstić information content (AvgIpc) is 2.89. The van der Waals surface area contributed by atoms with Crippen molar-refractivity contribution < 1.29 is 14.3 Å². The van der Waals surface area contributed by atoms with Gasteiger partial charge >= 0.3 is 0 Å². The maximum absolute atomic E-state index is 13.6. The van der Waals surface area contributed by atoms with E-state index in [-0.39, 0.29) is 30.4 Å². The minimum absolute atomic E-state index is 0.0280. The first-order valence-corrected chi connectivity index (χ1v) is 13.1. The molecule has 6 heteroatoms. The van der Waals surface area contributed by atoms with Gasteiger partial charge in [-0.3, -0.25) is 9.59 Å². The van der Waals surface area contributed by atoms with E-state index in [1.54, 1.807) is 17.0 Å². The Morgan fingerprint density at radius 2 is 1.57 bits per heavy atom. The molecule has 0 aliphatic rings. The maximum atomic E-state index is 13.6. The molecule has 5 nitrogen and oxygen atoms in total. The fourth-order valence-electron chi connectivity index (χ4n) is 3.99. The third kappa shape index (κ3) is 8.64. The van der Waals surface area contributed by atoms with Crippen LogP contribution in [0.2, 0.25) is 5.02 Å². The summed E-state index contributed by atoms with van der Waals surface area (Å²) in [6.45, 7) is 9.09. The zero-order valence-electron chi connectivity index (χ0n) is 22.2. The van der Waals surface area contributed by atoms with Crippen LogP contribution in [0.4, 0.5) is 0 Å². The molecule has 0 fully saturated rings. The van der Waals surface area contributed by atoms with Crippen LogP contribution in [0.25, 0.3) is 0 Å². The lowest BCUT2D eigenvalue weighted by Crippen LogP contribution is -2.51. The molecule has 3 rings (SSSR count). The molecule has 0 aliphatic carbocycles. The van der Waals surface area contributed by atoms with Crippen LogP contribution in [-0.2, 0) is 28.0 Å². The second kappa shape index (κ2) is 13.3. The monoisotopic (exact) mass is 520 g/mol. The summed E-state index contributed by atoms with van der Waals surface area (Å²) < 4.78 is 5.89. The van der Waals surface area contributed by atoms with E-state index in [0.717, 1.165) is 17.5 Å². The zero-order chi connectivity index (χ0) is 26.8. The number of carbonyl (C=O) groups excluding carboxylic acids is 2. The number of amides is 2. The van der Waals surface area contributed by atoms with Crippen LogP contribution < -0.4 is 10.1 Å². The second-order valence-electron chi connectivity index (χ2n) is 10.2. The molecule has 196 valence electrons. The Kier molecular flexibility index (Phi) is 10.2. The summed E-state index contributed by atoms with van der Waals surface area (Å²) in [4.78, 5) is 28.6. The summed E-state index contributed by atoms with van der Waals surface area (Å²) in [5.41, 5.74) is 3.08. The molecule has 0 aliphatic heterocycles. The van der Waals surface area contributed by atoms with Gasteiger partial charge < -0.3 is 15.0 Å². The number of ether oxygens (including phenoxy) is 1. The average molecular weight is 521 g/mol. The summed E-state index contributed by atoms with van der Waals surface area (Å²) >= 11 is 6.08. The lowest BCUT2D eigenvalue weighted by Gasteiger charge is -2.31. The third-order valence-electron chi connectivity index (χ3n) is 6.17. The van der Waals surface area contributed by atoms with Gasteiger partial charge in [0.2, 0.25) is 5.91 Å². The van der Waals surface area contributed by atoms with Gasteiger partial charge in [0.15, 0.2) is 6.61 Å². The first-order chi connectivity index (χ1) is 17.7. The zero-order valence-corrected chi connectivity index (χ0v) is 22.9. The van der Waals surface area contributed by atoms with E-state index >= 15 is 0 Å². The van der Waals surface area contributed by atoms with Crippen molar-refractivity contribution in [2.24, 2.45) is 0 Å².